The van der Waals surface area contributed by atoms with Gasteiger partial charge in [0.15, 0.2) is 0 Å². The summed E-state index contributed by atoms with van der Waals surface area (Å²) in [5.41, 5.74) is 11.6. The van der Waals surface area contributed by atoms with Crippen LogP contribution in [0.4, 0.5) is 17.1 Å². The highest BCUT2D eigenvalue weighted by Crippen LogP contribution is 2.37. The fourth-order valence-electron chi connectivity index (χ4n) is 4.60. The summed E-state index contributed by atoms with van der Waals surface area (Å²) in [4.78, 5) is 2.38. The van der Waals surface area contributed by atoms with Crippen molar-refractivity contribution in [2.45, 2.75) is 39.5 Å². The number of anilines is 3. The van der Waals surface area contributed by atoms with Gasteiger partial charge in [-0.1, -0.05) is 77.9 Å². The van der Waals surface area contributed by atoms with Gasteiger partial charge < -0.3 is 4.90 Å². The molecule has 1 aliphatic rings. The second-order valence-electron chi connectivity index (χ2n) is 9.17. The molecule has 164 valence electrons. The Kier molecular flexibility index (Phi) is 6.13. The molecule has 0 aliphatic heterocycles. The van der Waals surface area contributed by atoms with Gasteiger partial charge in [-0.3, -0.25) is 0 Å². The summed E-state index contributed by atoms with van der Waals surface area (Å²) in [5.74, 6) is 0. The van der Waals surface area contributed by atoms with Crippen molar-refractivity contribution >= 4 is 29.2 Å². The minimum atomic E-state index is 1.18. The molecule has 4 aromatic rings. The molecule has 1 aliphatic carbocycles. The van der Waals surface area contributed by atoms with Gasteiger partial charge in [0.05, 0.1) is 0 Å². The summed E-state index contributed by atoms with van der Waals surface area (Å²) in [5, 5.41) is 0. The number of hydrogen-bond acceptors (Lipinski definition) is 1. The zero-order valence-electron chi connectivity index (χ0n) is 19.6. The van der Waals surface area contributed by atoms with Gasteiger partial charge in [0, 0.05) is 17.1 Å². The van der Waals surface area contributed by atoms with Crippen molar-refractivity contribution in [2.75, 3.05) is 4.90 Å². The van der Waals surface area contributed by atoms with E-state index in [0.29, 0.717) is 0 Å². The molecule has 4 aromatic carbocycles. The van der Waals surface area contributed by atoms with Gasteiger partial charge in [0.1, 0.15) is 0 Å². The lowest BCUT2D eigenvalue weighted by molar-refractivity contribution is 0.685. The molecule has 0 aromatic heterocycles. The number of hydrogen-bond donors (Lipinski definition) is 0. The molecule has 0 saturated carbocycles. The summed E-state index contributed by atoms with van der Waals surface area (Å²) >= 11 is 0. The van der Waals surface area contributed by atoms with Crippen molar-refractivity contribution in [3.05, 3.63) is 124 Å². The molecule has 33 heavy (non-hydrogen) atoms. The van der Waals surface area contributed by atoms with Gasteiger partial charge in [-0.15, -0.1) is 0 Å². The summed E-state index contributed by atoms with van der Waals surface area (Å²) in [6.45, 7) is 4.26. The molecule has 5 rings (SSSR count). The lowest BCUT2D eigenvalue weighted by Gasteiger charge is -2.27. The van der Waals surface area contributed by atoms with E-state index >= 15 is 0 Å². The van der Waals surface area contributed by atoms with Crippen LogP contribution in [-0.4, -0.2) is 0 Å². The maximum Gasteiger partial charge on any atom is 0.0464 e. The Hall–Kier alpha value is -3.58. The Morgan fingerprint density at radius 3 is 1.58 bits per heavy atom. The first-order valence-corrected chi connectivity index (χ1v) is 12.0. The highest BCUT2D eigenvalue weighted by atomic mass is 15.1. The maximum absolute atomic E-state index is 2.40. The van der Waals surface area contributed by atoms with Crippen molar-refractivity contribution in [3.63, 3.8) is 0 Å². The number of benzene rings is 4. The summed E-state index contributed by atoms with van der Waals surface area (Å²) in [6.07, 6.45) is 9.36. The second kappa shape index (κ2) is 9.50. The molecule has 0 amide bonds. The van der Waals surface area contributed by atoms with Crippen LogP contribution >= 0.6 is 0 Å². The lowest BCUT2D eigenvalue weighted by Crippen LogP contribution is -2.12. The average Bonchev–Trinajstić information content (AvgIpc) is 2.86. The van der Waals surface area contributed by atoms with Gasteiger partial charge >= 0.3 is 0 Å². The van der Waals surface area contributed by atoms with Crippen LogP contribution in [0.5, 0.6) is 0 Å². The Morgan fingerprint density at radius 1 is 0.515 bits per heavy atom. The molecule has 0 fully saturated rings. The quantitative estimate of drug-likeness (QED) is 0.286. The molecule has 0 unspecified atom stereocenters. The minimum Gasteiger partial charge on any atom is -0.310 e. The largest absolute Gasteiger partial charge is 0.310 e. The number of nitrogens with zero attached hydrogens (tertiary/aromatic N) is 1. The van der Waals surface area contributed by atoms with Crippen LogP contribution in [0.2, 0.25) is 0 Å². The number of fused-ring (bicyclic) bond motifs is 1. The van der Waals surface area contributed by atoms with Gasteiger partial charge in [0.25, 0.3) is 0 Å². The number of rotatable bonds is 5. The van der Waals surface area contributed by atoms with Crippen LogP contribution in [0.15, 0.2) is 91.0 Å². The van der Waals surface area contributed by atoms with E-state index in [1.165, 1.54) is 76.1 Å². The van der Waals surface area contributed by atoms with E-state index in [4.69, 9.17) is 0 Å². The first kappa shape index (κ1) is 21.3. The van der Waals surface area contributed by atoms with Crippen molar-refractivity contribution in [1.82, 2.24) is 0 Å². The highest BCUT2D eigenvalue weighted by molar-refractivity contribution is 5.78. The fourth-order valence-corrected chi connectivity index (χ4v) is 4.60. The molecule has 0 saturated heterocycles. The van der Waals surface area contributed by atoms with Crippen LogP contribution < -0.4 is 4.90 Å². The van der Waals surface area contributed by atoms with Crippen molar-refractivity contribution < 1.29 is 0 Å². The van der Waals surface area contributed by atoms with Gasteiger partial charge in [-0.25, -0.2) is 0 Å². The van der Waals surface area contributed by atoms with E-state index in [1.54, 1.807) is 0 Å². The second-order valence-corrected chi connectivity index (χ2v) is 9.17. The lowest BCUT2D eigenvalue weighted by atomic mass is 9.91. The van der Waals surface area contributed by atoms with Crippen LogP contribution in [0, 0.1) is 13.8 Å². The SMILES string of the molecule is Cc1ccc(C=Cc2ccc(N(c3ccc(C)cc3)c3ccc4c(c3)CCCC4)cc2)cc1. The fraction of sp³-hybridized carbons (Fsp3) is 0.188. The predicted molar refractivity (Wildman–Crippen MR) is 143 cm³/mol. The zero-order chi connectivity index (χ0) is 22.6. The Morgan fingerprint density at radius 2 is 0.970 bits per heavy atom. The van der Waals surface area contributed by atoms with E-state index in [0.717, 1.165) is 0 Å². The van der Waals surface area contributed by atoms with Gasteiger partial charge in [0.2, 0.25) is 0 Å². The molecule has 1 nitrogen and oxygen atoms in total. The van der Waals surface area contributed by atoms with E-state index in [2.05, 4.69) is 122 Å². The Bertz CT molecular complexity index is 1250. The third-order valence-corrected chi connectivity index (χ3v) is 6.58. The van der Waals surface area contributed by atoms with Gasteiger partial charge in [-0.2, -0.15) is 0 Å². The minimum absolute atomic E-state index is 1.18. The normalized spacial score (nSPS) is 13.2. The van der Waals surface area contributed by atoms with E-state index in [9.17, 15) is 0 Å². The topological polar surface area (TPSA) is 3.24 Å². The molecule has 0 N–H and O–H groups in total. The summed E-state index contributed by atoms with van der Waals surface area (Å²) in [7, 11) is 0. The maximum atomic E-state index is 2.40. The summed E-state index contributed by atoms with van der Waals surface area (Å²) < 4.78 is 0. The highest BCUT2D eigenvalue weighted by Gasteiger charge is 2.16. The third-order valence-electron chi connectivity index (χ3n) is 6.58. The Labute approximate surface area is 198 Å². The van der Waals surface area contributed by atoms with Crippen LogP contribution in [0.25, 0.3) is 12.2 Å². The standard InChI is InChI=1S/C32H31N/c1-24-7-11-26(12-8-24)13-14-27-15-20-31(21-16-27)33(30-18-9-25(2)10-19-30)32-22-17-28-5-3-4-6-29(28)23-32/h7-23H,3-6H2,1-2H3. The summed E-state index contributed by atoms with van der Waals surface area (Å²) in [6, 6.07) is 33.4. The van der Waals surface area contributed by atoms with Crippen molar-refractivity contribution in [1.29, 1.82) is 0 Å². The Balaban J connectivity index is 1.47. The molecule has 0 bridgehead atoms. The van der Waals surface area contributed by atoms with Gasteiger partial charge in [-0.05, 0) is 98.2 Å². The van der Waals surface area contributed by atoms with E-state index in [-0.39, 0.29) is 0 Å². The zero-order valence-corrected chi connectivity index (χ0v) is 19.6. The van der Waals surface area contributed by atoms with E-state index in [1.807, 2.05) is 0 Å². The molecule has 1 heteroatoms. The van der Waals surface area contributed by atoms with Crippen LogP contribution in [-0.2, 0) is 12.8 Å². The number of aryl methyl sites for hydroxylation is 4. The smallest absolute Gasteiger partial charge is 0.0464 e. The molecule has 0 radical (unpaired) electrons. The monoisotopic (exact) mass is 429 g/mol. The third kappa shape index (κ3) is 4.93. The van der Waals surface area contributed by atoms with Crippen LogP contribution in [0.3, 0.4) is 0 Å². The average molecular weight is 430 g/mol. The molecule has 0 atom stereocenters. The molecular weight excluding hydrogens is 398 g/mol. The van der Waals surface area contributed by atoms with Crippen LogP contribution in [0.1, 0.15) is 46.2 Å². The predicted octanol–water partition coefficient (Wildman–Crippen LogP) is 8.82. The molecule has 0 spiro atoms. The van der Waals surface area contributed by atoms with Crippen molar-refractivity contribution in [3.8, 4) is 0 Å². The first-order chi connectivity index (χ1) is 16.2. The van der Waals surface area contributed by atoms with E-state index < -0.39 is 0 Å². The van der Waals surface area contributed by atoms with Crippen molar-refractivity contribution in [2.24, 2.45) is 0 Å². The molecular formula is C32H31N. The first-order valence-electron chi connectivity index (χ1n) is 12.0. The molecule has 0 heterocycles.